The van der Waals surface area contributed by atoms with Gasteiger partial charge in [0.1, 0.15) is 0 Å². The Kier molecular flexibility index (Phi) is 4.90. The van der Waals surface area contributed by atoms with Gasteiger partial charge in [0, 0.05) is 11.1 Å². The molecule has 0 bridgehead atoms. The molecule has 4 rings (SSSR count). The number of nitrogens with zero attached hydrogens (tertiary/aromatic N) is 4. The van der Waals surface area contributed by atoms with E-state index < -0.39 is 5.54 Å². The molecule has 0 radical (unpaired) electrons. The molecular weight excluding hydrogens is 384 g/mol. The van der Waals surface area contributed by atoms with Crippen molar-refractivity contribution in [1.29, 1.82) is 0 Å². The Morgan fingerprint density at radius 1 is 1.13 bits per heavy atom. The summed E-state index contributed by atoms with van der Waals surface area (Å²) in [5.41, 5.74) is 9.90. The molecule has 0 spiro atoms. The SMILES string of the molecule is CCc1c(-c2ccc(OC)c(OC)c2)[nH]c2cnc(-c3nnc(C(C)(C)N)o3)nc12. The third kappa shape index (κ3) is 3.37. The molecular formula is C21H24N6O3. The van der Waals surface area contributed by atoms with Crippen LogP contribution in [0.1, 0.15) is 32.2 Å². The van der Waals surface area contributed by atoms with Crippen molar-refractivity contribution in [2.75, 3.05) is 14.2 Å². The molecule has 9 heteroatoms. The van der Waals surface area contributed by atoms with E-state index in [-0.39, 0.29) is 5.89 Å². The first-order chi connectivity index (χ1) is 14.4. The number of aromatic nitrogens is 5. The van der Waals surface area contributed by atoms with Crippen LogP contribution < -0.4 is 15.2 Å². The normalized spacial score (nSPS) is 11.8. The van der Waals surface area contributed by atoms with Crippen LogP contribution in [-0.2, 0) is 12.0 Å². The van der Waals surface area contributed by atoms with Gasteiger partial charge in [0.2, 0.25) is 11.7 Å². The zero-order chi connectivity index (χ0) is 21.5. The van der Waals surface area contributed by atoms with E-state index in [0.29, 0.717) is 23.2 Å². The lowest BCUT2D eigenvalue weighted by atomic mass is 10.0. The number of aryl methyl sites for hydroxylation is 1. The predicted molar refractivity (Wildman–Crippen MR) is 112 cm³/mol. The number of hydrogen-bond donors (Lipinski definition) is 2. The van der Waals surface area contributed by atoms with Crippen LogP contribution >= 0.6 is 0 Å². The molecule has 0 aliphatic carbocycles. The Bertz CT molecular complexity index is 1210. The van der Waals surface area contributed by atoms with Crippen LogP contribution in [0.4, 0.5) is 0 Å². The smallest absolute Gasteiger partial charge is 0.285 e. The molecule has 9 nitrogen and oxygen atoms in total. The van der Waals surface area contributed by atoms with Crippen LogP contribution in [0.15, 0.2) is 28.8 Å². The molecule has 1 aromatic carbocycles. The first kappa shape index (κ1) is 19.8. The summed E-state index contributed by atoms with van der Waals surface area (Å²) in [6.45, 7) is 5.67. The van der Waals surface area contributed by atoms with Crippen LogP contribution in [0.5, 0.6) is 11.5 Å². The summed E-state index contributed by atoms with van der Waals surface area (Å²) in [5, 5.41) is 8.08. The van der Waals surface area contributed by atoms with Crippen LogP contribution in [0.25, 0.3) is 34.0 Å². The van der Waals surface area contributed by atoms with Crippen molar-refractivity contribution in [1.82, 2.24) is 25.1 Å². The molecule has 0 aliphatic rings. The van der Waals surface area contributed by atoms with Crippen molar-refractivity contribution in [3.05, 3.63) is 35.9 Å². The number of H-pyrrole nitrogens is 1. The fourth-order valence-corrected chi connectivity index (χ4v) is 3.29. The molecule has 3 heterocycles. The summed E-state index contributed by atoms with van der Waals surface area (Å²) in [7, 11) is 3.23. The number of nitrogens with two attached hydrogens (primary N) is 1. The summed E-state index contributed by atoms with van der Waals surface area (Å²) < 4.78 is 16.5. The Morgan fingerprint density at radius 3 is 2.53 bits per heavy atom. The molecule has 156 valence electrons. The summed E-state index contributed by atoms with van der Waals surface area (Å²) in [5.74, 6) is 2.26. The lowest BCUT2D eigenvalue weighted by molar-refractivity contribution is 0.355. The largest absolute Gasteiger partial charge is 0.493 e. The summed E-state index contributed by atoms with van der Waals surface area (Å²) in [6.07, 6.45) is 2.49. The van der Waals surface area contributed by atoms with E-state index in [1.165, 1.54) is 0 Å². The lowest BCUT2D eigenvalue weighted by Crippen LogP contribution is -2.29. The van der Waals surface area contributed by atoms with Crippen LogP contribution in [0.3, 0.4) is 0 Å². The highest BCUT2D eigenvalue weighted by Gasteiger charge is 2.24. The molecule has 0 amide bonds. The second-order valence-corrected chi connectivity index (χ2v) is 7.49. The van der Waals surface area contributed by atoms with E-state index in [1.54, 1.807) is 34.3 Å². The van der Waals surface area contributed by atoms with Gasteiger partial charge in [0.15, 0.2) is 11.5 Å². The average Bonchev–Trinajstić information content (AvgIpc) is 3.37. The number of ether oxygens (including phenoxy) is 2. The van der Waals surface area contributed by atoms with Crippen LogP contribution in [0.2, 0.25) is 0 Å². The molecule has 0 fully saturated rings. The minimum atomic E-state index is -0.737. The van der Waals surface area contributed by atoms with E-state index in [4.69, 9.17) is 24.6 Å². The zero-order valence-corrected chi connectivity index (χ0v) is 17.6. The highest BCUT2D eigenvalue weighted by Crippen LogP contribution is 2.36. The van der Waals surface area contributed by atoms with Gasteiger partial charge in [-0.25, -0.2) is 9.97 Å². The van der Waals surface area contributed by atoms with E-state index in [0.717, 1.165) is 34.3 Å². The number of fused-ring (bicyclic) bond motifs is 1. The van der Waals surface area contributed by atoms with Gasteiger partial charge in [-0.2, -0.15) is 0 Å². The Balaban J connectivity index is 1.82. The summed E-state index contributed by atoms with van der Waals surface area (Å²) in [6, 6.07) is 5.79. The summed E-state index contributed by atoms with van der Waals surface area (Å²) >= 11 is 0. The Hall–Kier alpha value is -3.46. The van der Waals surface area contributed by atoms with E-state index in [2.05, 4.69) is 27.1 Å². The fourth-order valence-electron chi connectivity index (χ4n) is 3.29. The third-order valence-electron chi connectivity index (χ3n) is 4.83. The van der Waals surface area contributed by atoms with Gasteiger partial charge in [-0.3, -0.25) is 0 Å². The lowest BCUT2D eigenvalue weighted by Gasteiger charge is -2.11. The molecule has 0 atom stereocenters. The Morgan fingerprint density at radius 2 is 1.90 bits per heavy atom. The number of benzene rings is 1. The van der Waals surface area contributed by atoms with Gasteiger partial charge in [-0.15, -0.1) is 10.2 Å². The van der Waals surface area contributed by atoms with Crippen molar-refractivity contribution >= 4 is 11.0 Å². The highest BCUT2D eigenvalue weighted by molar-refractivity contribution is 5.88. The minimum Gasteiger partial charge on any atom is -0.493 e. The first-order valence-corrected chi connectivity index (χ1v) is 9.59. The molecule has 3 N–H and O–H groups in total. The van der Waals surface area contributed by atoms with E-state index in [1.807, 2.05) is 18.2 Å². The maximum Gasteiger partial charge on any atom is 0.285 e. The number of methoxy groups -OCH3 is 2. The van der Waals surface area contributed by atoms with Gasteiger partial charge < -0.3 is 24.6 Å². The number of hydrogen-bond acceptors (Lipinski definition) is 8. The second kappa shape index (κ2) is 7.42. The quantitative estimate of drug-likeness (QED) is 0.497. The topological polar surface area (TPSA) is 125 Å². The standard InChI is InChI=1S/C21H24N6O3/c1-6-12-16(11-7-8-14(28-4)15(9-11)29-5)24-13-10-23-18(25-17(12)13)19-26-27-20(30-19)21(2,3)22/h7-10,24H,6,22H2,1-5H3. The molecule has 0 saturated heterocycles. The van der Waals surface area contributed by atoms with E-state index >= 15 is 0 Å². The maximum absolute atomic E-state index is 6.04. The van der Waals surface area contributed by atoms with Crippen LogP contribution in [0, 0.1) is 0 Å². The molecule has 0 aliphatic heterocycles. The monoisotopic (exact) mass is 408 g/mol. The van der Waals surface area contributed by atoms with Gasteiger partial charge in [-0.05, 0) is 38.5 Å². The van der Waals surface area contributed by atoms with Crippen molar-refractivity contribution in [2.45, 2.75) is 32.7 Å². The van der Waals surface area contributed by atoms with Gasteiger partial charge in [0.25, 0.3) is 5.89 Å². The molecule has 0 unspecified atom stereocenters. The van der Waals surface area contributed by atoms with Crippen molar-refractivity contribution in [2.24, 2.45) is 5.73 Å². The molecule has 30 heavy (non-hydrogen) atoms. The average molecular weight is 408 g/mol. The van der Waals surface area contributed by atoms with E-state index in [9.17, 15) is 0 Å². The Labute approximate surface area is 173 Å². The van der Waals surface area contributed by atoms with Crippen molar-refractivity contribution in [3.63, 3.8) is 0 Å². The van der Waals surface area contributed by atoms with Crippen LogP contribution in [-0.4, -0.2) is 39.4 Å². The molecule has 4 aromatic rings. The van der Waals surface area contributed by atoms with Gasteiger partial charge >= 0.3 is 0 Å². The van der Waals surface area contributed by atoms with Gasteiger partial charge in [-0.1, -0.05) is 6.92 Å². The van der Waals surface area contributed by atoms with Crippen molar-refractivity contribution in [3.8, 4) is 34.5 Å². The first-order valence-electron chi connectivity index (χ1n) is 9.59. The third-order valence-corrected chi connectivity index (χ3v) is 4.83. The second-order valence-electron chi connectivity index (χ2n) is 7.49. The highest BCUT2D eigenvalue weighted by atomic mass is 16.5. The predicted octanol–water partition coefficient (Wildman–Crippen LogP) is 3.45. The number of nitrogens with one attached hydrogen (secondary N) is 1. The maximum atomic E-state index is 6.04. The zero-order valence-electron chi connectivity index (χ0n) is 17.6. The van der Waals surface area contributed by atoms with Crippen molar-refractivity contribution < 1.29 is 13.9 Å². The number of aromatic amines is 1. The fraction of sp³-hybridized carbons (Fsp3) is 0.333. The molecule has 3 aromatic heterocycles. The summed E-state index contributed by atoms with van der Waals surface area (Å²) in [4.78, 5) is 12.5. The minimum absolute atomic E-state index is 0.237. The molecule has 0 saturated carbocycles. The number of rotatable bonds is 6. The van der Waals surface area contributed by atoms with Gasteiger partial charge in [0.05, 0.1) is 42.7 Å².